The second-order valence-corrected chi connectivity index (χ2v) is 4.10. The summed E-state index contributed by atoms with van der Waals surface area (Å²) in [5.41, 5.74) is 6.12. The second kappa shape index (κ2) is 5.37. The number of hydrogen-bond acceptors (Lipinski definition) is 4. The van der Waals surface area contributed by atoms with Crippen molar-refractivity contribution in [3.63, 3.8) is 0 Å². The lowest BCUT2D eigenvalue weighted by Crippen LogP contribution is -2.27. The molecule has 0 aliphatic rings. The van der Waals surface area contributed by atoms with Crippen molar-refractivity contribution in [3.8, 4) is 0 Å². The monoisotopic (exact) mass is 273 g/mol. The van der Waals surface area contributed by atoms with E-state index >= 15 is 0 Å². The minimum absolute atomic E-state index is 0.0376. The number of hydrogen-bond donors (Lipinski definition) is 3. The van der Waals surface area contributed by atoms with E-state index in [1.807, 2.05) is 0 Å². The number of benzene rings is 1. The number of aliphatic hydroxyl groups excluding tert-OH is 2. The maximum absolute atomic E-state index is 10.6. The molecule has 2 atom stereocenters. The molecule has 4 nitrogen and oxygen atoms in total. The molecule has 82 valence electrons. The van der Waals surface area contributed by atoms with Gasteiger partial charge in [0, 0.05) is 16.6 Å². The summed E-state index contributed by atoms with van der Waals surface area (Å²) in [4.78, 5) is 10.6. The van der Waals surface area contributed by atoms with E-state index in [1.165, 1.54) is 6.07 Å². The number of carbonyl (C=O) groups excluding carboxylic acids is 1. The van der Waals surface area contributed by atoms with Crippen molar-refractivity contribution in [2.75, 3.05) is 6.54 Å². The van der Waals surface area contributed by atoms with E-state index in [0.717, 1.165) is 0 Å². The highest BCUT2D eigenvalue weighted by molar-refractivity contribution is 9.10. The van der Waals surface area contributed by atoms with Crippen LogP contribution in [-0.4, -0.2) is 29.1 Å². The summed E-state index contributed by atoms with van der Waals surface area (Å²) in [6.45, 7) is -0.0376. The Morgan fingerprint density at radius 3 is 2.60 bits per heavy atom. The van der Waals surface area contributed by atoms with Gasteiger partial charge >= 0.3 is 0 Å². The van der Waals surface area contributed by atoms with Crippen LogP contribution in [0.1, 0.15) is 22.0 Å². The Kier molecular flexibility index (Phi) is 4.41. The average Bonchev–Trinajstić information content (AvgIpc) is 2.26. The Morgan fingerprint density at radius 2 is 2.07 bits per heavy atom. The third kappa shape index (κ3) is 3.10. The van der Waals surface area contributed by atoms with Gasteiger partial charge in [-0.3, -0.25) is 4.79 Å². The predicted octanol–water partition coefficient (Wildman–Crippen LogP) is 0.615. The van der Waals surface area contributed by atoms with E-state index in [0.29, 0.717) is 21.9 Å². The first-order valence-corrected chi connectivity index (χ1v) is 5.19. The number of carbonyl (C=O) groups is 1. The number of nitrogens with two attached hydrogens (primary N) is 1. The molecule has 0 radical (unpaired) electrons. The summed E-state index contributed by atoms with van der Waals surface area (Å²) in [5.74, 6) is 0. The molecule has 1 aromatic carbocycles. The molecule has 0 spiro atoms. The normalized spacial score (nSPS) is 14.7. The van der Waals surface area contributed by atoms with Gasteiger partial charge < -0.3 is 15.9 Å². The summed E-state index contributed by atoms with van der Waals surface area (Å²) in [7, 11) is 0. The Balaban J connectivity index is 3.02. The number of halogens is 1. The molecule has 0 saturated carbocycles. The van der Waals surface area contributed by atoms with Gasteiger partial charge in [-0.1, -0.05) is 15.9 Å². The Labute approximate surface area is 95.8 Å². The van der Waals surface area contributed by atoms with Gasteiger partial charge in [-0.25, -0.2) is 0 Å². The van der Waals surface area contributed by atoms with Crippen LogP contribution in [0.5, 0.6) is 0 Å². The molecule has 0 heterocycles. The molecule has 0 saturated heterocycles. The molecule has 1 aromatic rings. The molecule has 0 bridgehead atoms. The number of rotatable bonds is 4. The van der Waals surface area contributed by atoms with Crippen LogP contribution >= 0.6 is 15.9 Å². The van der Waals surface area contributed by atoms with Gasteiger partial charge in [0.15, 0.2) is 0 Å². The largest absolute Gasteiger partial charge is 0.389 e. The summed E-state index contributed by atoms with van der Waals surface area (Å²) in [5, 5.41) is 19.0. The van der Waals surface area contributed by atoms with Gasteiger partial charge in [0.1, 0.15) is 12.4 Å². The zero-order chi connectivity index (χ0) is 11.4. The van der Waals surface area contributed by atoms with Gasteiger partial charge in [0.2, 0.25) is 0 Å². The van der Waals surface area contributed by atoms with Crippen molar-refractivity contribution in [2.45, 2.75) is 12.2 Å². The quantitative estimate of drug-likeness (QED) is 0.703. The van der Waals surface area contributed by atoms with Gasteiger partial charge in [-0.2, -0.15) is 0 Å². The molecule has 0 aromatic heterocycles. The van der Waals surface area contributed by atoms with Crippen molar-refractivity contribution in [2.24, 2.45) is 5.73 Å². The Hall–Kier alpha value is -0.750. The number of aliphatic hydroxyl groups is 2. The first kappa shape index (κ1) is 12.3. The molecule has 1 rings (SSSR count). The van der Waals surface area contributed by atoms with Crippen LogP contribution in [0.2, 0.25) is 0 Å². The molecule has 4 N–H and O–H groups in total. The zero-order valence-electron chi connectivity index (χ0n) is 7.93. The maximum Gasteiger partial charge on any atom is 0.150 e. The molecular formula is C10H12BrNO3. The summed E-state index contributed by atoms with van der Waals surface area (Å²) in [6.07, 6.45) is -1.43. The lowest BCUT2D eigenvalue weighted by atomic mass is 10.0. The highest BCUT2D eigenvalue weighted by Crippen LogP contribution is 2.22. The fourth-order valence-electron chi connectivity index (χ4n) is 1.23. The van der Waals surface area contributed by atoms with Crippen LogP contribution < -0.4 is 5.73 Å². The zero-order valence-corrected chi connectivity index (χ0v) is 9.52. The Morgan fingerprint density at radius 1 is 1.40 bits per heavy atom. The standard InChI is InChI=1S/C10H12BrNO3/c11-8-2-6(5-13)1-7(3-8)10(15)9(14)4-12/h1-3,5,9-10,14-15H,4,12H2. The van der Waals surface area contributed by atoms with E-state index < -0.39 is 12.2 Å². The predicted molar refractivity (Wildman–Crippen MR) is 59.6 cm³/mol. The molecule has 0 aliphatic heterocycles. The lowest BCUT2D eigenvalue weighted by Gasteiger charge is -2.16. The maximum atomic E-state index is 10.6. The van der Waals surface area contributed by atoms with Gasteiger partial charge in [0.05, 0.1) is 6.10 Å². The molecule has 0 aliphatic carbocycles. The summed E-state index contributed by atoms with van der Waals surface area (Å²) in [6, 6.07) is 4.77. The second-order valence-electron chi connectivity index (χ2n) is 3.18. The van der Waals surface area contributed by atoms with Crippen LogP contribution in [0.4, 0.5) is 0 Å². The van der Waals surface area contributed by atoms with Gasteiger partial charge in [0.25, 0.3) is 0 Å². The van der Waals surface area contributed by atoms with E-state index in [-0.39, 0.29) is 6.54 Å². The SMILES string of the molecule is NCC(O)C(O)c1cc(Br)cc(C=O)c1. The van der Waals surface area contributed by atoms with E-state index in [4.69, 9.17) is 5.73 Å². The van der Waals surface area contributed by atoms with Crippen LogP contribution in [0.25, 0.3) is 0 Å². The first-order valence-electron chi connectivity index (χ1n) is 4.40. The minimum atomic E-state index is -1.08. The summed E-state index contributed by atoms with van der Waals surface area (Å²) < 4.78 is 0.672. The third-order valence-electron chi connectivity index (χ3n) is 2.03. The molecule has 5 heteroatoms. The molecule has 0 fully saturated rings. The van der Waals surface area contributed by atoms with E-state index in [1.54, 1.807) is 12.1 Å². The van der Waals surface area contributed by atoms with Crippen LogP contribution in [0, 0.1) is 0 Å². The van der Waals surface area contributed by atoms with Crippen LogP contribution in [0.3, 0.4) is 0 Å². The van der Waals surface area contributed by atoms with Crippen molar-refractivity contribution in [3.05, 3.63) is 33.8 Å². The van der Waals surface area contributed by atoms with Crippen molar-refractivity contribution in [1.29, 1.82) is 0 Å². The summed E-state index contributed by atoms with van der Waals surface area (Å²) >= 11 is 3.21. The fourth-order valence-corrected chi connectivity index (χ4v) is 1.75. The van der Waals surface area contributed by atoms with Crippen LogP contribution in [-0.2, 0) is 0 Å². The van der Waals surface area contributed by atoms with Crippen molar-refractivity contribution >= 4 is 22.2 Å². The third-order valence-corrected chi connectivity index (χ3v) is 2.48. The number of aldehydes is 1. The smallest absolute Gasteiger partial charge is 0.150 e. The van der Waals surface area contributed by atoms with Crippen LogP contribution in [0.15, 0.2) is 22.7 Å². The van der Waals surface area contributed by atoms with Crippen molar-refractivity contribution in [1.82, 2.24) is 0 Å². The highest BCUT2D eigenvalue weighted by Gasteiger charge is 2.17. The van der Waals surface area contributed by atoms with Gasteiger partial charge in [-0.05, 0) is 23.8 Å². The van der Waals surface area contributed by atoms with E-state index in [9.17, 15) is 15.0 Å². The van der Waals surface area contributed by atoms with Crippen molar-refractivity contribution < 1.29 is 15.0 Å². The molecule has 2 unspecified atom stereocenters. The minimum Gasteiger partial charge on any atom is -0.389 e. The molecule has 15 heavy (non-hydrogen) atoms. The lowest BCUT2D eigenvalue weighted by molar-refractivity contribution is 0.0243. The molecular weight excluding hydrogens is 262 g/mol. The fraction of sp³-hybridized carbons (Fsp3) is 0.300. The highest BCUT2D eigenvalue weighted by atomic mass is 79.9. The van der Waals surface area contributed by atoms with Gasteiger partial charge in [-0.15, -0.1) is 0 Å². The first-order chi connectivity index (χ1) is 7.08. The van der Waals surface area contributed by atoms with E-state index in [2.05, 4.69) is 15.9 Å². The topological polar surface area (TPSA) is 83.6 Å². The molecule has 0 amide bonds. The average molecular weight is 274 g/mol. The Bertz CT molecular complexity index is 357.